The second-order valence-electron chi connectivity index (χ2n) is 4.26. The lowest BCUT2D eigenvalue weighted by Crippen LogP contribution is -2.14. The maximum Gasteiger partial charge on any atom is 0.259 e. The highest BCUT2D eigenvalue weighted by Gasteiger charge is 2.13. The summed E-state index contributed by atoms with van der Waals surface area (Å²) < 4.78 is 7.02. The van der Waals surface area contributed by atoms with Crippen LogP contribution in [0.1, 0.15) is 15.9 Å². The van der Waals surface area contributed by atoms with Crippen molar-refractivity contribution >= 4 is 43.5 Å². The van der Waals surface area contributed by atoms with Gasteiger partial charge in [0, 0.05) is 14.6 Å². The molecule has 3 nitrogen and oxygen atoms in total. The molecule has 0 atom stereocenters. The molecule has 1 amide bonds. The van der Waals surface area contributed by atoms with Crippen molar-refractivity contribution in [1.82, 2.24) is 0 Å². The molecule has 0 aliphatic heterocycles. The van der Waals surface area contributed by atoms with Crippen molar-refractivity contribution in [1.29, 1.82) is 0 Å². The van der Waals surface area contributed by atoms with Crippen LogP contribution in [-0.2, 0) is 0 Å². The molecule has 2 aromatic rings. The summed E-state index contributed by atoms with van der Waals surface area (Å²) in [4.78, 5) is 12.3. The Kier molecular flexibility index (Phi) is 4.83. The molecule has 1 N–H and O–H groups in total. The Morgan fingerprint density at radius 3 is 2.45 bits per heavy atom. The number of nitrogens with one attached hydrogen (secondary N) is 1. The topological polar surface area (TPSA) is 38.3 Å². The first-order valence-corrected chi connectivity index (χ1v) is 7.51. The number of halogens is 2. The number of anilines is 1. The summed E-state index contributed by atoms with van der Waals surface area (Å²) in [5.41, 5.74) is 2.27. The molecule has 0 spiro atoms. The largest absolute Gasteiger partial charge is 0.496 e. The molecular weight excluding hydrogens is 386 g/mol. The molecule has 5 heteroatoms. The Bertz CT molecular complexity index is 656. The molecule has 0 bridgehead atoms. The number of amides is 1. The Morgan fingerprint density at radius 1 is 1.10 bits per heavy atom. The lowest BCUT2D eigenvalue weighted by atomic mass is 10.1. The van der Waals surface area contributed by atoms with Crippen molar-refractivity contribution in [3.05, 3.63) is 56.5 Å². The molecule has 0 aliphatic rings. The fourth-order valence-electron chi connectivity index (χ4n) is 1.77. The highest BCUT2D eigenvalue weighted by atomic mass is 79.9. The van der Waals surface area contributed by atoms with E-state index in [0.717, 1.165) is 20.2 Å². The first-order valence-electron chi connectivity index (χ1n) is 5.92. The van der Waals surface area contributed by atoms with Crippen molar-refractivity contribution < 1.29 is 9.53 Å². The zero-order valence-electron chi connectivity index (χ0n) is 11.0. The number of methoxy groups -OCH3 is 1. The van der Waals surface area contributed by atoms with E-state index in [4.69, 9.17) is 4.74 Å². The predicted molar refractivity (Wildman–Crippen MR) is 87.5 cm³/mol. The first-order chi connectivity index (χ1) is 9.51. The second kappa shape index (κ2) is 6.41. The van der Waals surface area contributed by atoms with Crippen molar-refractivity contribution in [3.8, 4) is 5.75 Å². The minimum absolute atomic E-state index is 0.199. The van der Waals surface area contributed by atoms with Gasteiger partial charge in [0.15, 0.2) is 0 Å². The van der Waals surface area contributed by atoms with E-state index in [-0.39, 0.29) is 5.91 Å². The third kappa shape index (κ3) is 3.41. The fraction of sp³-hybridized carbons (Fsp3) is 0.133. The summed E-state index contributed by atoms with van der Waals surface area (Å²) in [6, 6.07) is 11.1. The quantitative estimate of drug-likeness (QED) is 0.807. The van der Waals surface area contributed by atoms with Crippen LogP contribution in [-0.4, -0.2) is 13.0 Å². The summed E-state index contributed by atoms with van der Waals surface area (Å²) in [6.45, 7) is 1.95. The Labute approximate surface area is 134 Å². The van der Waals surface area contributed by atoms with Gasteiger partial charge in [0.2, 0.25) is 0 Å². The van der Waals surface area contributed by atoms with Crippen molar-refractivity contribution in [2.75, 3.05) is 12.4 Å². The number of rotatable bonds is 3. The zero-order chi connectivity index (χ0) is 14.7. The minimum atomic E-state index is -0.199. The van der Waals surface area contributed by atoms with Crippen LogP contribution < -0.4 is 10.1 Å². The fourth-order valence-corrected chi connectivity index (χ4v) is 2.47. The molecule has 0 aromatic heterocycles. The van der Waals surface area contributed by atoms with Crippen LogP contribution in [0.3, 0.4) is 0 Å². The molecule has 0 unspecified atom stereocenters. The summed E-state index contributed by atoms with van der Waals surface area (Å²) in [6.07, 6.45) is 0. The van der Waals surface area contributed by atoms with Crippen molar-refractivity contribution in [2.45, 2.75) is 6.92 Å². The van der Waals surface area contributed by atoms with Gasteiger partial charge in [0.05, 0.1) is 12.7 Å². The summed E-state index contributed by atoms with van der Waals surface area (Å²) >= 11 is 6.75. The zero-order valence-corrected chi connectivity index (χ0v) is 14.2. The molecule has 2 aromatic carbocycles. The van der Waals surface area contributed by atoms with Crippen molar-refractivity contribution in [3.63, 3.8) is 0 Å². The van der Waals surface area contributed by atoms with Crippen LogP contribution in [0.2, 0.25) is 0 Å². The SMILES string of the molecule is COc1cc(Br)ccc1C(=O)Nc1cc(Br)ccc1C. The molecule has 0 fully saturated rings. The first kappa shape index (κ1) is 15.1. The number of aryl methyl sites for hydroxylation is 1. The van der Waals surface area contributed by atoms with Crippen molar-refractivity contribution in [2.24, 2.45) is 0 Å². The van der Waals surface area contributed by atoms with Crippen LogP contribution in [0.5, 0.6) is 5.75 Å². The maximum atomic E-state index is 12.3. The van der Waals surface area contributed by atoms with Crippen LogP contribution in [0.25, 0.3) is 0 Å². The van der Waals surface area contributed by atoms with Gasteiger partial charge >= 0.3 is 0 Å². The molecule has 20 heavy (non-hydrogen) atoms. The normalized spacial score (nSPS) is 10.2. The number of ether oxygens (including phenoxy) is 1. The van der Waals surface area contributed by atoms with E-state index in [1.165, 1.54) is 0 Å². The van der Waals surface area contributed by atoms with Gasteiger partial charge in [0.25, 0.3) is 5.91 Å². The molecule has 0 aliphatic carbocycles. The summed E-state index contributed by atoms with van der Waals surface area (Å²) in [5, 5.41) is 2.90. The van der Waals surface area contributed by atoms with Crippen LogP contribution in [0.15, 0.2) is 45.3 Å². The van der Waals surface area contributed by atoms with Gasteiger partial charge in [-0.15, -0.1) is 0 Å². The highest BCUT2D eigenvalue weighted by Crippen LogP contribution is 2.26. The van der Waals surface area contributed by atoms with Gasteiger partial charge in [-0.1, -0.05) is 37.9 Å². The standard InChI is InChI=1S/C15H13Br2NO2/c1-9-3-4-10(16)7-13(9)18-15(19)12-6-5-11(17)8-14(12)20-2/h3-8H,1-2H3,(H,18,19). The monoisotopic (exact) mass is 397 g/mol. The van der Waals surface area contributed by atoms with E-state index in [0.29, 0.717) is 11.3 Å². The van der Waals surface area contributed by atoms with Gasteiger partial charge in [-0.25, -0.2) is 0 Å². The average molecular weight is 399 g/mol. The number of hydrogen-bond acceptors (Lipinski definition) is 2. The third-order valence-electron chi connectivity index (χ3n) is 2.86. The smallest absolute Gasteiger partial charge is 0.259 e. The second-order valence-corrected chi connectivity index (χ2v) is 6.09. The lowest BCUT2D eigenvalue weighted by Gasteiger charge is -2.11. The highest BCUT2D eigenvalue weighted by molar-refractivity contribution is 9.10. The molecule has 0 saturated carbocycles. The van der Waals surface area contributed by atoms with E-state index in [1.807, 2.05) is 31.2 Å². The van der Waals surface area contributed by atoms with Gasteiger partial charge in [-0.2, -0.15) is 0 Å². The molecule has 104 valence electrons. The maximum absolute atomic E-state index is 12.3. The molecule has 0 saturated heterocycles. The van der Waals surface area contributed by atoms with E-state index in [2.05, 4.69) is 37.2 Å². The lowest BCUT2D eigenvalue weighted by molar-refractivity contribution is 0.102. The Hall–Kier alpha value is -1.33. The Morgan fingerprint density at radius 2 is 1.75 bits per heavy atom. The van der Waals surface area contributed by atoms with E-state index >= 15 is 0 Å². The van der Waals surface area contributed by atoms with E-state index in [9.17, 15) is 4.79 Å². The average Bonchev–Trinajstić information content (AvgIpc) is 2.42. The third-order valence-corrected chi connectivity index (χ3v) is 3.84. The molecule has 0 heterocycles. The van der Waals surface area contributed by atoms with Crippen LogP contribution in [0.4, 0.5) is 5.69 Å². The summed E-state index contributed by atoms with van der Waals surface area (Å²) in [5.74, 6) is 0.333. The van der Waals surface area contributed by atoms with Crippen LogP contribution in [0, 0.1) is 6.92 Å². The number of carbonyl (C=O) groups excluding carboxylic acids is 1. The molecular formula is C15H13Br2NO2. The molecule has 2 rings (SSSR count). The van der Waals surface area contributed by atoms with Gasteiger partial charge in [-0.05, 0) is 42.8 Å². The van der Waals surface area contributed by atoms with Gasteiger partial charge in [0.1, 0.15) is 5.75 Å². The van der Waals surface area contributed by atoms with Gasteiger partial charge < -0.3 is 10.1 Å². The van der Waals surface area contributed by atoms with Crippen LogP contribution >= 0.6 is 31.9 Å². The minimum Gasteiger partial charge on any atom is -0.496 e. The Balaban J connectivity index is 2.30. The van der Waals surface area contributed by atoms with Gasteiger partial charge in [-0.3, -0.25) is 4.79 Å². The van der Waals surface area contributed by atoms with E-state index in [1.54, 1.807) is 19.2 Å². The van der Waals surface area contributed by atoms with E-state index < -0.39 is 0 Å². The predicted octanol–water partition coefficient (Wildman–Crippen LogP) is 4.78. The number of benzene rings is 2. The summed E-state index contributed by atoms with van der Waals surface area (Å²) in [7, 11) is 1.54. The number of hydrogen-bond donors (Lipinski definition) is 1. The molecule has 0 radical (unpaired) electrons. The number of carbonyl (C=O) groups is 1.